The lowest BCUT2D eigenvalue weighted by molar-refractivity contribution is -0.123. The molecule has 3 aromatic carbocycles. The zero-order chi connectivity index (χ0) is 36.1. The Bertz CT molecular complexity index is 1940. The van der Waals surface area contributed by atoms with Crippen molar-refractivity contribution in [2.24, 2.45) is 5.92 Å². The first-order valence-corrected chi connectivity index (χ1v) is 17.3. The minimum atomic E-state index is -0.670. The predicted octanol–water partition coefficient (Wildman–Crippen LogP) is 5.98. The molecule has 2 amide bonds. The molecule has 3 atom stereocenters. The van der Waals surface area contributed by atoms with Gasteiger partial charge in [-0.2, -0.15) is 0 Å². The van der Waals surface area contributed by atoms with Crippen molar-refractivity contribution in [2.45, 2.75) is 78.4 Å². The molecule has 11 heteroatoms. The van der Waals surface area contributed by atoms with Crippen LogP contribution in [0.4, 0.5) is 5.69 Å². The lowest BCUT2D eigenvalue weighted by Gasteiger charge is -2.24. The monoisotopic (exact) mass is 683 g/mol. The fourth-order valence-corrected chi connectivity index (χ4v) is 6.95. The van der Waals surface area contributed by atoms with Crippen LogP contribution in [0.1, 0.15) is 76.5 Å². The number of hydrogen-bond donors (Lipinski definition) is 3. The molecule has 0 saturated carbocycles. The SMILES string of the molecule is CC[C@@H](C)[C@H](Nc1ccc2c(cc1=O)[C@@H](NC(C)=O)CCc1cc(OC)c(OC)c(OC)c1-2)C(=O)NCCc1nc2ccccc2n1C(C)C. The van der Waals surface area contributed by atoms with Gasteiger partial charge in [0, 0.05) is 31.5 Å². The van der Waals surface area contributed by atoms with Crippen molar-refractivity contribution in [2.75, 3.05) is 33.2 Å². The number of aromatic nitrogens is 2. The second-order valence-electron chi connectivity index (χ2n) is 13.1. The van der Waals surface area contributed by atoms with Gasteiger partial charge in [-0.05, 0) is 79.6 Å². The van der Waals surface area contributed by atoms with Crippen molar-refractivity contribution in [1.29, 1.82) is 0 Å². The van der Waals surface area contributed by atoms with Crippen molar-refractivity contribution in [3.63, 3.8) is 0 Å². The van der Waals surface area contributed by atoms with Gasteiger partial charge in [0.2, 0.25) is 23.0 Å². The number of benzene rings is 2. The summed E-state index contributed by atoms with van der Waals surface area (Å²) in [7, 11) is 4.69. The van der Waals surface area contributed by atoms with E-state index in [-0.39, 0.29) is 34.9 Å². The Morgan fingerprint density at radius 3 is 2.40 bits per heavy atom. The number of para-hydroxylation sites is 2. The minimum Gasteiger partial charge on any atom is -0.493 e. The third-order valence-electron chi connectivity index (χ3n) is 9.56. The molecule has 5 rings (SSSR count). The zero-order valence-electron chi connectivity index (χ0n) is 30.3. The largest absolute Gasteiger partial charge is 0.493 e. The molecule has 0 aliphatic heterocycles. The highest BCUT2D eigenvalue weighted by Gasteiger charge is 2.30. The molecule has 1 heterocycles. The van der Waals surface area contributed by atoms with Crippen LogP contribution in [0, 0.1) is 5.92 Å². The molecular weight excluding hydrogens is 634 g/mol. The summed E-state index contributed by atoms with van der Waals surface area (Å²) >= 11 is 0. The van der Waals surface area contributed by atoms with Gasteiger partial charge in [0.1, 0.15) is 11.9 Å². The molecule has 0 unspecified atom stereocenters. The quantitative estimate of drug-likeness (QED) is 0.157. The van der Waals surface area contributed by atoms with Crippen LogP contribution in [0.2, 0.25) is 0 Å². The molecule has 50 heavy (non-hydrogen) atoms. The number of fused-ring (bicyclic) bond motifs is 4. The Balaban J connectivity index is 1.49. The van der Waals surface area contributed by atoms with E-state index < -0.39 is 12.1 Å². The zero-order valence-corrected chi connectivity index (χ0v) is 30.3. The number of carbonyl (C=O) groups is 2. The van der Waals surface area contributed by atoms with E-state index in [1.807, 2.05) is 44.2 Å². The van der Waals surface area contributed by atoms with Crippen LogP contribution in [-0.2, 0) is 22.4 Å². The van der Waals surface area contributed by atoms with Crippen molar-refractivity contribution >= 4 is 28.5 Å². The summed E-state index contributed by atoms with van der Waals surface area (Å²) in [6, 6.07) is 14.2. The summed E-state index contributed by atoms with van der Waals surface area (Å²) in [5.74, 6) is 1.86. The van der Waals surface area contributed by atoms with Gasteiger partial charge in [-0.1, -0.05) is 38.5 Å². The molecule has 0 spiro atoms. The normalized spacial score (nSPS) is 14.9. The number of anilines is 1. The second kappa shape index (κ2) is 15.7. The molecule has 11 nitrogen and oxygen atoms in total. The number of nitrogens with zero attached hydrogens (tertiary/aromatic N) is 2. The number of imidazole rings is 1. The Morgan fingerprint density at radius 1 is 1.00 bits per heavy atom. The Labute approximate surface area is 293 Å². The van der Waals surface area contributed by atoms with Gasteiger partial charge in [0.25, 0.3) is 0 Å². The van der Waals surface area contributed by atoms with E-state index in [0.29, 0.717) is 55.0 Å². The Morgan fingerprint density at radius 2 is 1.74 bits per heavy atom. The predicted molar refractivity (Wildman–Crippen MR) is 196 cm³/mol. The summed E-state index contributed by atoms with van der Waals surface area (Å²) in [4.78, 5) is 44.9. The number of methoxy groups -OCH3 is 3. The van der Waals surface area contributed by atoms with Crippen molar-refractivity contribution in [3.8, 4) is 28.4 Å². The molecule has 3 N–H and O–H groups in total. The molecule has 0 bridgehead atoms. The highest BCUT2D eigenvalue weighted by molar-refractivity contribution is 5.86. The lowest BCUT2D eigenvalue weighted by atomic mass is 9.95. The summed E-state index contributed by atoms with van der Waals surface area (Å²) in [5.41, 5.74) is 5.05. The van der Waals surface area contributed by atoms with Crippen molar-refractivity contribution in [3.05, 3.63) is 75.7 Å². The molecule has 1 aromatic heterocycles. The number of hydrogen-bond acceptors (Lipinski definition) is 8. The van der Waals surface area contributed by atoms with Gasteiger partial charge in [-0.3, -0.25) is 14.4 Å². The van der Waals surface area contributed by atoms with Crippen LogP contribution in [-0.4, -0.2) is 55.3 Å². The highest BCUT2D eigenvalue weighted by atomic mass is 16.5. The molecule has 0 radical (unpaired) electrons. The van der Waals surface area contributed by atoms with Gasteiger partial charge in [0.05, 0.1) is 44.1 Å². The molecule has 0 fully saturated rings. The molecule has 4 aromatic rings. The fourth-order valence-electron chi connectivity index (χ4n) is 6.95. The van der Waals surface area contributed by atoms with E-state index in [0.717, 1.165) is 33.5 Å². The number of amides is 2. The third-order valence-corrected chi connectivity index (χ3v) is 9.56. The maximum Gasteiger partial charge on any atom is 0.242 e. The Hall–Kier alpha value is -5.06. The van der Waals surface area contributed by atoms with Crippen LogP contribution >= 0.6 is 0 Å². The van der Waals surface area contributed by atoms with Crippen LogP contribution in [0.5, 0.6) is 17.2 Å². The number of nitrogens with one attached hydrogen (secondary N) is 3. The van der Waals surface area contributed by atoms with E-state index >= 15 is 0 Å². The standard InChI is InChI=1S/C39H49N5O6/c1-9-23(4)36(39(47)40-19-18-34-42-29-12-10-11-13-31(29)44(34)22(2)3)43-30-17-15-26-27(21-32(30)46)28(41-24(5)45)16-14-25-20-33(48-6)37(49-7)38(50-8)35(25)26/h10-13,15,17,20-23,28,36H,9,14,16,18-19H2,1-8H3,(H,40,47)(H,41,45)(H,43,46)/t23-,28+,36+/m1/s1. The summed E-state index contributed by atoms with van der Waals surface area (Å²) in [5, 5.41) is 9.44. The first-order valence-electron chi connectivity index (χ1n) is 17.3. The van der Waals surface area contributed by atoms with Crippen LogP contribution in [0.25, 0.3) is 22.2 Å². The Kier molecular flexibility index (Phi) is 11.3. The fraction of sp³-hybridized carbons (Fsp3) is 0.436. The van der Waals surface area contributed by atoms with E-state index in [1.54, 1.807) is 33.5 Å². The molecule has 1 aliphatic carbocycles. The average Bonchev–Trinajstić information content (AvgIpc) is 3.32. The van der Waals surface area contributed by atoms with Crippen molar-refractivity contribution < 1.29 is 23.8 Å². The van der Waals surface area contributed by atoms with Crippen LogP contribution < -0.4 is 35.6 Å². The summed E-state index contributed by atoms with van der Waals surface area (Å²) < 4.78 is 19.4. The maximum atomic E-state index is 14.0. The first kappa shape index (κ1) is 36.2. The number of carbonyl (C=O) groups excluding carboxylic acids is 2. The second-order valence-corrected chi connectivity index (χ2v) is 13.1. The number of rotatable bonds is 13. The van der Waals surface area contributed by atoms with E-state index in [1.165, 1.54) is 6.92 Å². The van der Waals surface area contributed by atoms with Crippen molar-refractivity contribution in [1.82, 2.24) is 20.2 Å². The topological polar surface area (TPSA) is 133 Å². The van der Waals surface area contributed by atoms with Gasteiger partial charge < -0.3 is 34.7 Å². The summed E-state index contributed by atoms with van der Waals surface area (Å²) in [6.45, 7) is 10.1. The van der Waals surface area contributed by atoms with Gasteiger partial charge in [-0.15, -0.1) is 0 Å². The third kappa shape index (κ3) is 7.27. The number of aryl methyl sites for hydroxylation is 1. The average molecular weight is 684 g/mol. The minimum absolute atomic E-state index is 0.0809. The van der Waals surface area contributed by atoms with E-state index in [4.69, 9.17) is 19.2 Å². The van der Waals surface area contributed by atoms with Gasteiger partial charge in [0.15, 0.2) is 11.5 Å². The maximum absolute atomic E-state index is 14.0. The molecule has 1 aliphatic rings. The van der Waals surface area contributed by atoms with E-state index in [9.17, 15) is 14.4 Å². The number of ether oxygens (including phenoxy) is 3. The van der Waals surface area contributed by atoms with Crippen LogP contribution in [0.3, 0.4) is 0 Å². The first-order chi connectivity index (χ1) is 24.0. The molecular formula is C39H49N5O6. The van der Waals surface area contributed by atoms with Gasteiger partial charge >= 0.3 is 0 Å². The van der Waals surface area contributed by atoms with Crippen LogP contribution in [0.15, 0.2) is 53.3 Å². The molecule has 0 saturated heterocycles. The summed E-state index contributed by atoms with van der Waals surface area (Å²) in [6.07, 6.45) is 2.42. The lowest BCUT2D eigenvalue weighted by Crippen LogP contribution is -2.45. The smallest absolute Gasteiger partial charge is 0.242 e. The highest BCUT2D eigenvalue weighted by Crippen LogP contribution is 2.50. The van der Waals surface area contributed by atoms with E-state index in [2.05, 4.69) is 40.4 Å². The van der Waals surface area contributed by atoms with Gasteiger partial charge in [-0.25, -0.2) is 4.98 Å². The molecule has 266 valence electrons.